The minimum atomic E-state index is 0.842. The number of fused-ring (bicyclic) bond motifs is 2. The Hall–Kier alpha value is -4.06. The van der Waals surface area contributed by atoms with Gasteiger partial charge in [-0.25, -0.2) is 9.97 Å². The number of unbranched alkanes of at least 4 members (excludes halogenated alkanes) is 1. The molecule has 0 N–H and O–H groups in total. The predicted molar refractivity (Wildman–Crippen MR) is 139 cm³/mol. The van der Waals surface area contributed by atoms with Crippen LogP contribution in [0.2, 0.25) is 0 Å². The van der Waals surface area contributed by atoms with Crippen molar-refractivity contribution in [2.75, 3.05) is 46.0 Å². The maximum absolute atomic E-state index is 4.68. The van der Waals surface area contributed by atoms with Crippen molar-refractivity contribution in [3.05, 3.63) is 97.3 Å². The molecule has 6 nitrogen and oxygen atoms in total. The number of anilines is 6. The largest absolute Gasteiger partial charge is 0.350 e. The lowest BCUT2D eigenvalue weighted by Gasteiger charge is -2.23. The van der Waals surface area contributed by atoms with Gasteiger partial charge in [0.1, 0.15) is 0 Å². The molecule has 2 aliphatic heterocycles. The molecule has 0 unspecified atom stereocenters. The van der Waals surface area contributed by atoms with Crippen molar-refractivity contribution in [1.29, 1.82) is 0 Å². The summed E-state index contributed by atoms with van der Waals surface area (Å²) in [6.07, 6.45) is 6.01. The summed E-state index contributed by atoms with van der Waals surface area (Å²) in [5, 5.41) is 0. The summed E-state index contributed by atoms with van der Waals surface area (Å²) in [6.45, 7) is 3.71. The van der Waals surface area contributed by atoms with Crippen LogP contribution in [0.5, 0.6) is 0 Å². The maximum atomic E-state index is 4.68. The zero-order valence-electron chi connectivity index (χ0n) is 19.2. The summed E-state index contributed by atoms with van der Waals surface area (Å²) in [4.78, 5) is 18.9. The van der Waals surface area contributed by atoms with Crippen LogP contribution < -0.4 is 19.6 Å². The van der Waals surface area contributed by atoms with Crippen molar-refractivity contribution in [3.63, 3.8) is 0 Å². The van der Waals surface area contributed by atoms with Crippen LogP contribution in [-0.2, 0) is 0 Å². The second-order valence-corrected chi connectivity index (χ2v) is 8.74. The monoisotopic (exact) mass is 448 g/mol. The van der Waals surface area contributed by atoms with Gasteiger partial charge in [0, 0.05) is 36.9 Å². The number of hydrogen-bond donors (Lipinski definition) is 0. The smallest absolute Gasteiger partial charge is 0.158 e. The van der Waals surface area contributed by atoms with Crippen molar-refractivity contribution >= 4 is 34.4 Å². The number of pyridine rings is 2. The number of para-hydroxylation sites is 2. The van der Waals surface area contributed by atoms with Gasteiger partial charge < -0.3 is 19.6 Å². The van der Waals surface area contributed by atoms with E-state index in [1.54, 1.807) is 0 Å². The first-order valence-electron chi connectivity index (χ1n) is 11.9. The molecular weight excluding hydrogens is 420 g/mol. The predicted octanol–water partition coefficient (Wildman–Crippen LogP) is 5.79. The van der Waals surface area contributed by atoms with Crippen LogP contribution in [0.4, 0.5) is 34.4 Å². The second kappa shape index (κ2) is 9.06. The van der Waals surface area contributed by atoms with E-state index in [0.717, 1.165) is 50.9 Å². The van der Waals surface area contributed by atoms with Crippen LogP contribution >= 0.6 is 0 Å². The molecule has 2 aromatic heterocycles. The summed E-state index contributed by atoms with van der Waals surface area (Å²) < 4.78 is 0. The topological polar surface area (TPSA) is 38.7 Å². The van der Waals surface area contributed by atoms with E-state index in [1.807, 2.05) is 24.5 Å². The average molecular weight is 449 g/mol. The van der Waals surface area contributed by atoms with Crippen molar-refractivity contribution < 1.29 is 0 Å². The molecule has 2 aromatic carbocycles. The van der Waals surface area contributed by atoms with Crippen LogP contribution in [-0.4, -0.2) is 36.4 Å². The number of aromatic nitrogens is 2. The van der Waals surface area contributed by atoms with Gasteiger partial charge in [-0.3, -0.25) is 0 Å². The van der Waals surface area contributed by atoms with Crippen molar-refractivity contribution in [2.24, 2.45) is 0 Å². The first-order valence-corrected chi connectivity index (χ1v) is 11.9. The van der Waals surface area contributed by atoms with Gasteiger partial charge >= 0.3 is 0 Å². The number of benzene rings is 2. The molecule has 4 heterocycles. The second-order valence-electron chi connectivity index (χ2n) is 8.74. The normalized spacial score (nSPS) is 14.5. The third-order valence-electron chi connectivity index (χ3n) is 6.59. The van der Waals surface area contributed by atoms with Crippen LogP contribution in [0, 0.1) is 0 Å². The third-order valence-corrected chi connectivity index (χ3v) is 6.59. The zero-order valence-corrected chi connectivity index (χ0v) is 19.2. The molecule has 2 aliphatic rings. The van der Waals surface area contributed by atoms with Crippen molar-refractivity contribution in [3.8, 4) is 0 Å². The van der Waals surface area contributed by atoms with Gasteiger partial charge in [-0.1, -0.05) is 36.4 Å². The molecule has 0 atom stereocenters. The fourth-order valence-corrected chi connectivity index (χ4v) is 4.93. The maximum Gasteiger partial charge on any atom is 0.158 e. The molecule has 0 amide bonds. The molecule has 0 saturated carbocycles. The van der Waals surface area contributed by atoms with E-state index in [2.05, 4.69) is 102 Å². The van der Waals surface area contributed by atoms with E-state index in [9.17, 15) is 0 Å². The Labute approximate surface area is 200 Å². The highest BCUT2D eigenvalue weighted by Gasteiger charge is 2.29. The standard InChI is InChI=1S/C28H28N6/c1-3-11-23(12-4-1)33-21-31(25-15-9-17-29-27(25)33)19-7-8-20-32-22-34(24-13-5-2-6-14-24)28-26(32)16-10-18-30-28/h1-6,9-18H,7-8,19-22H2. The molecule has 6 heteroatoms. The highest BCUT2D eigenvalue weighted by atomic mass is 15.4. The molecular formula is C28H28N6. The molecule has 0 bridgehead atoms. The molecule has 0 saturated heterocycles. The summed E-state index contributed by atoms with van der Waals surface area (Å²) in [5.74, 6) is 2.10. The van der Waals surface area contributed by atoms with Gasteiger partial charge in [0.05, 0.1) is 24.7 Å². The van der Waals surface area contributed by atoms with E-state index >= 15 is 0 Å². The van der Waals surface area contributed by atoms with E-state index < -0.39 is 0 Å². The highest BCUT2D eigenvalue weighted by molar-refractivity contribution is 5.80. The number of hydrogen-bond acceptors (Lipinski definition) is 6. The summed E-state index contributed by atoms with van der Waals surface area (Å²) in [6, 6.07) is 29.5. The van der Waals surface area contributed by atoms with Gasteiger partial charge in [-0.2, -0.15) is 0 Å². The lowest BCUT2D eigenvalue weighted by Crippen LogP contribution is -2.31. The quantitative estimate of drug-likeness (QED) is 0.333. The van der Waals surface area contributed by atoms with Crippen LogP contribution in [0.15, 0.2) is 97.3 Å². The number of nitrogens with zero attached hydrogens (tertiary/aromatic N) is 6. The Morgan fingerprint density at radius 2 is 0.971 bits per heavy atom. The average Bonchev–Trinajstić information content (AvgIpc) is 3.47. The van der Waals surface area contributed by atoms with Crippen molar-refractivity contribution in [2.45, 2.75) is 12.8 Å². The molecule has 170 valence electrons. The lowest BCUT2D eigenvalue weighted by atomic mass is 10.2. The Morgan fingerprint density at radius 3 is 1.41 bits per heavy atom. The van der Waals surface area contributed by atoms with Gasteiger partial charge in [0.2, 0.25) is 0 Å². The minimum absolute atomic E-state index is 0.842. The summed E-state index contributed by atoms with van der Waals surface area (Å²) in [5.41, 5.74) is 4.81. The van der Waals surface area contributed by atoms with Gasteiger partial charge in [-0.05, 0) is 61.4 Å². The number of rotatable bonds is 7. The van der Waals surface area contributed by atoms with Gasteiger partial charge in [-0.15, -0.1) is 0 Å². The first kappa shape index (κ1) is 20.5. The SMILES string of the molecule is c1ccc(N2CN(CCCCN3CN(c4ccccc4)c4ncccc43)c3cccnc32)cc1. The Kier molecular flexibility index (Phi) is 5.47. The van der Waals surface area contributed by atoms with Gasteiger partial charge in [0.15, 0.2) is 11.6 Å². The first-order chi connectivity index (χ1) is 16.9. The minimum Gasteiger partial charge on any atom is -0.350 e. The van der Waals surface area contributed by atoms with E-state index in [1.165, 1.54) is 22.7 Å². The Bertz CT molecular complexity index is 1150. The molecule has 0 aliphatic carbocycles. The fourth-order valence-electron chi connectivity index (χ4n) is 4.93. The fraction of sp³-hybridized carbons (Fsp3) is 0.214. The highest BCUT2D eigenvalue weighted by Crippen LogP contribution is 2.40. The van der Waals surface area contributed by atoms with E-state index in [4.69, 9.17) is 0 Å². The summed E-state index contributed by atoms with van der Waals surface area (Å²) >= 11 is 0. The molecule has 0 radical (unpaired) electrons. The zero-order chi connectivity index (χ0) is 22.7. The molecule has 0 fully saturated rings. The third kappa shape index (κ3) is 3.81. The van der Waals surface area contributed by atoms with E-state index in [0.29, 0.717) is 0 Å². The lowest BCUT2D eigenvalue weighted by molar-refractivity contribution is 0.678. The van der Waals surface area contributed by atoms with Crippen LogP contribution in [0.1, 0.15) is 12.8 Å². The Morgan fingerprint density at radius 1 is 0.529 bits per heavy atom. The van der Waals surface area contributed by atoms with Crippen LogP contribution in [0.25, 0.3) is 0 Å². The summed E-state index contributed by atoms with van der Waals surface area (Å²) in [7, 11) is 0. The van der Waals surface area contributed by atoms with Gasteiger partial charge in [0.25, 0.3) is 0 Å². The van der Waals surface area contributed by atoms with E-state index in [-0.39, 0.29) is 0 Å². The Balaban J connectivity index is 1.10. The molecule has 6 rings (SSSR count). The van der Waals surface area contributed by atoms with Crippen LogP contribution in [0.3, 0.4) is 0 Å². The molecule has 4 aromatic rings. The van der Waals surface area contributed by atoms with Crippen molar-refractivity contribution in [1.82, 2.24) is 9.97 Å². The molecule has 0 spiro atoms. The molecule has 34 heavy (non-hydrogen) atoms.